The van der Waals surface area contributed by atoms with Gasteiger partial charge in [0.05, 0.1) is 5.75 Å². The predicted molar refractivity (Wildman–Crippen MR) is 107 cm³/mol. The Morgan fingerprint density at radius 2 is 1.79 bits per heavy atom. The number of carbonyl (C=O) groups excluding carboxylic acids is 1. The molecule has 0 spiro atoms. The lowest BCUT2D eigenvalue weighted by Gasteiger charge is -2.35. The summed E-state index contributed by atoms with van der Waals surface area (Å²) in [6, 6.07) is 14.5. The Labute approximate surface area is 169 Å². The van der Waals surface area contributed by atoms with E-state index in [1.54, 1.807) is 29.2 Å². The highest BCUT2D eigenvalue weighted by molar-refractivity contribution is 7.88. The molecule has 1 unspecified atom stereocenters. The van der Waals surface area contributed by atoms with Crippen molar-refractivity contribution in [3.63, 3.8) is 0 Å². The van der Waals surface area contributed by atoms with Crippen LogP contribution < -0.4 is 4.74 Å². The molecular weight excluding hydrogens is 400 g/mol. The first-order valence-electron chi connectivity index (χ1n) is 9.18. The number of hydrogen-bond acceptors (Lipinski definition) is 4. The van der Waals surface area contributed by atoms with Gasteiger partial charge in [0, 0.05) is 37.6 Å². The Morgan fingerprint density at radius 1 is 1.07 bits per heavy atom. The number of amides is 1. The molecule has 2 aromatic carbocycles. The quantitative estimate of drug-likeness (QED) is 0.761. The van der Waals surface area contributed by atoms with Crippen molar-refractivity contribution in [3.05, 3.63) is 64.7 Å². The van der Waals surface area contributed by atoms with Gasteiger partial charge < -0.3 is 9.64 Å². The number of halogens is 1. The molecule has 0 N–H and O–H groups in total. The summed E-state index contributed by atoms with van der Waals surface area (Å²) in [5, 5.41) is 0.618. The molecule has 1 amide bonds. The molecule has 4 rings (SSSR count). The van der Waals surface area contributed by atoms with Crippen LogP contribution in [-0.2, 0) is 27.0 Å². The van der Waals surface area contributed by atoms with Gasteiger partial charge >= 0.3 is 0 Å². The molecule has 1 fully saturated rings. The van der Waals surface area contributed by atoms with Crippen LogP contribution in [0.2, 0.25) is 5.02 Å². The Hall–Kier alpha value is -2.09. The van der Waals surface area contributed by atoms with Gasteiger partial charge in [-0.2, -0.15) is 4.31 Å². The lowest BCUT2D eigenvalue weighted by Crippen LogP contribution is -2.53. The smallest absolute Gasteiger partial charge is 0.264 e. The summed E-state index contributed by atoms with van der Waals surface area (Å²) in [6.45, 7) is 1.33. The molecule has 148 valence electrons. The molecule has 0 bridgehead atoms. The van der Waals surface area contributed by atoms with Crippen LogP contribution in [0.5, 0.6) is 5.75 Å². The van der Waals surface area contributed by atoms with Crippen LogP contribution in [0.15, 0.2) is 48.5 Å². The molecule has 8 heteroatoms. The number of fused-ring (bicyclic) bond motifs is 1. The van der Waals surface area contributed by atoms with E-state index in [0.29, 0.717) is 43.4 Å². The van der Waals surface area contributed by atoms with E-state index in [0.717, 1.165) is 11.1 Å². The zero-order valence-corrected chi connectivity index (χ0v) is 16.8. The van der Waals surface area contributed by atoms with E-state index < -0.39 is 16.1 Å². The topological polar surface area (TPSA) is 66.9 Å². The molecule has 28 heavy (non-hydrogen) atoms. The number of nitrogens with zero attached hydrogens (tertiary/aromatic N) is 2. The van der Waals surface area contributed by atoms with Crippen molar-refractivity contribution in [3.8, 4) is 5.75 Å². The second-order valence-corrected chi connectivity index (χ2v) is 9.43. The second-order valence-electron chi connectivity index (χ2n) is 7.03. The number of piperazine rings is 1. The Kier molecular flexibility index (Phi) is 5.31. The highest BCUT2D eigenvalue weighted by Gasteiger charge is 2.35. The molecule has 2 aliphatic rings. The first kappa shape index (κ1) is 19.2. The standard InChI is InChI=1S/C20H21ClN2O4S/c21-17-6-7-18-16(12-17)13-19(27-18)20(24)22-8-10-23(11-9-22)28(25,26)14-15-4-2-1-3-5-15/h1-7,12,19H,8-11,13-14H2. The van der Waals surface area contributed by atoms with Gasteiger partial charge in [0.25, 0.3) is 5.91 Å². The van der Waals surface area contributed by atoms with Crippen molar-refractivity contribution in [2.24, 2.45) is 0 Å². The van der Waals surface area contributed by atoms with Crippen molar-refractivity contribution >= 4 is 27.5 Å². The molecule has 2 heterocycles. The Bertz CT molecular complexity index is 973. The first-order chi connectivity index (χ1) is 13.4. The molecule has 1 saturated heterocycles. The van der Waals surface area contributed by atoms with E-state index in [1.807, 2.05) is 24.3 Å². The molecule has 0 saturated carbocycles. The number of hydrogen-bond donors (Lipinski definition) is 0. The highest BCUT2D eigenvalue weighted by atomic mass is 35.5. The minimum absolute atomic E-state index is 0.0242. The summed E-state index contributed by atoms with van der Waals surface area (Å²) >= 11 is 6.00. The average molecular weight is 421 g/mol. The van der Waals surface area contributed by atoms with Gasteiger partial charge in [-0.15, -0.1) is 0 Å². The third kappa shape index (κ3) is 4.01. The molecule has 1 atom stereocenters. The van der Waals surface area contributed by atoms with E-state index in [4.69, 9.17) is 16.3 Å². The first-order valence-corrected chi connectivity index (χ1v) is 11.2. The number of sulfonamides is 1. The maximum atomic E-state index is 12.8. The molecule has 0 aromatic heterocycles. The lowest BCUT2D eigenvalue weighted by atomic mass is 10.1. The van der Waals surface area contributed by atoms with Crippen LogP contribution >= 0.6 is 11.6 Å². The third-order valence-corrected chi connectivity index (χ3v) is 7.19. The maximum absolute atomic E-state index is 12.8. The van der Waals surface area contributed by atoms with E-state index in [2.05, 4.69) is 0 Å². The zero-order chi connectivity index (χ0) is 19.7. The van der Waals surface area contributed by atoms with Gasteiger partial charge in [-0.1, -0.05) is 41.9 Å². The van der Waals surface area contributed by atoms with Gasteiger partial charge in [-0.25, -0.2) is 8.42 Å². The molecule has 0 aliphatic carbocycles. The minimum atomic E-state index is -3.40. The van der Waals surface area contributed by atoms with Crippen LogP contribution in [0, 0.1) is 0 Å². The molecule has 2 aliphatic heterocycles. The van der Waals surface area contributed by atoms with Gasteiger partial charge in [0.2, 0.25) is 10.0 Å². The number of benzene rings is 2. The molecular formula is C20H21ClN2O4S. The van der Waals surface area contributed by atoms with Gasteiger partial charge in [-0.05, 0) is 29.3 Å². The molecule has 2 aromatic rings. The van der Waals surface area contributed by atoms with E-state index in [-0.39, 0.29) is 11.7 Å². The van der Waals surface area contributed by atoms with Crippen molar-refractivity contribution in [1.29, 1.82) is 0 Å². The number of carbonyl (C=O) groups is 1. The number of ether oxygens (including phenoxy) is 1. The minimum Gasteiger partial charge on any atom is -0.480 e. The second kappa shape index (κ2) is 7.73. The summed E-state index contributed by atoms with van der Waals surface area (Å²) in [7, 11) is -3.40. The maximum Gasteiger partial charge on any atom is 0.264 e. The van der Waals surface area contributed by atoms with Gasteiger partial charge in [0.15, 0.2) is 6.10 Å². The van der Waals surface area contributed by atoms with E-state index >= 15 is 0 Å². The van der Waals surface area contributed by atoms with Crippen molar-refractivity contribution in [1.82, 2.24) is 9.21 Å². The average Bonchev–Trinajstić information content (AvgIpc) is 3.11. The largest absolute Gasteiger partial charge is 0.480 e. The van der Waals surface area contributed by atoms with Crippen molar-refractivity contribution in [2.45, 2.75) is 18.3 Å². The van der Waals surface area contributed by atoms with Gasteiger partial charge in [-0.3, -0.25) is 4.79 Å². The number of rotatable bonds is 4. The van der Waals surface area contributed by atoms with Gasteiger partial charge in [0.1, 0.15) is 5.75 Å². The van der Waals surface area contributed by atoms with Crippen LogP contribution in [0.1, 0.15) is 11.1 Å². The SMILES string of the molecule is O=C(C1Cc2cc(Cl)ccc2O1)N1CCN(S(=O)(=O)Cc2ccccc2)CC1. The van der Waals surface area contributed by atoms with Crippen molar-refractivity contribution in [2.75, 3.05) is 26.2 Å². The van der Waals surface area contributed by atoms with Crippen LogP contribution in [-0.4, -0.2) is 55.8 Å². The summed E-state index contributed by atoms with van der Waals surface area (Å²) in [4.78, 5) is 14.5. The Balaban J connectivity index is 1.35. The lowest BCUT2D eigenvalue weighted by molar-refractivity contribution is -0.139. The normalized spacial score (nSPS) is 19.9. The van der Waals surface area contributed by atoms with E-state index in [1.165, 1.54) is 4.31 Å². The van der Waals surface area contributed by atoms with Crippen LogP contribution in [0.3, 0.4) is 0 Å². The fraction of sp³-hybridized carbons (Fsp3) is 0.350. The summed E-state index contributed by atoms with van der Waals surface area (Å²) in [6.07, 6.45) is -0.0812. The predicted octanol–water partition coefficient (Wildman–Crippen LogP) is 2.32. The third-order valence-electron chi connectivity index (χ3n) is 5.11. The Morgan fingerprint density at radius 3 is 2.50 bits per heavy atom. The zero-order valence-electron chi connectivity index (χ0n) is 15.3. The van der Waals surface area contributed by atoms with E-state index in [9.17, 15) is 13.2 Å². The van der Waals surface area contributed by atoms with Crippen molar-refractivity contribution < 1.29 is 17.9 Å². The molecule has 0 radical (unpaired) electrons. The highest BCUT2D eigenvalue weighted by Crippen LogP contribution is 2.32. The summed E-state index contributed by atoms with van der Waals surface area (Å²) in [5.74, 6) is 0.558. The molecule has 6 nitrogen and oxygen atoms in total. The fourth-order valence-electron chi connectivity index (χ4n) is 3.62. The van der Waals surface area contributed by atoms with Crippen LogP contribution in [0.25, 0.3) is 0 Å². The monoisotopic (exact) mass is 420 g/mol. The van der Waals surface area contributed by atoms with Crippen LogP contribution in [0.4, 0.5) is 0 Å². The summed E-state index contributed by atoms with van der Waals surface area (Å²) in [5.41, 5.74) is 1.69. The summed E-state index contributed by atoms with van der Waals surface area (Å²) < 4.78 is 32.5. The fourth-order valence-corrected chi connectivity index (χ4v) is 5.33.